The zero-order valence-corrected chi connectivity index (χ0v) is 66.1. The van der Waals surface area contributed by atoms with Crippen LogP contribution in [0.4, 0.5) is 8.78 Å². The first-order valence-electron chi connectivity index (χ1n) is 38.1. The number of halogens is 3. The summed E-state index contributed by atoms with van der Waals surface area (Å²) in [4.78, 5) is 56.2. The first-order valence-corrected chi connectivity index (χ1v) is 38.4. The highest BCUT2D eigenvalue weighted by Gasteiger charge is 2.24. The van der Waals surface area contributed by atoms with Crippen molar-refractivity contribution >= 4 is 41.4 Å². The fourth-order valence-electron chi connectivity index (χ4n) is 11.9. The van der Waals surface area contributed by atoms with Gasteiger partial charge in [-0.05, 0) is 274 Å². The first kappa shape index (κ1) is 90.4. The molecule has 19 heteroatoms. The molecule has 0 saturated heterocycles. The molecule has 0 spiro atoms. The van der Waals surface area contributed by atoms with Gasteiger partial charge < -0.3 is 54.0 Å². The van der Waals surface area contributed by atoms with E-state index in [0.29, 0.717) is 91.6 Å². The van der Waals surface area contributed by atoms with Crippen molar-refractivity contribution in [3.63, 3.8) is 0 Å². The van der Waals surface area contributed by atoms with Crippen LogP contribution in [0.2, 0.25) is 5.02 Å². The van der Waals surface area contributed by atoms with E-state index in [1.165, 1.54) is 59.4 Å². The van der Waals surface area contributed by atoms with E-state index in [4.69, 9.17) is 50.2 Å². The van der Waals surface area contributed by atoms with Crippen LogP contribution in [0.1, 0.15) is 101 Å². The highest BCUT2D eigenvalue weighted by Crippen LogP contribution is 2.32. The van der Waals surface area contributed by atoms with Crippen LogP contribution >= 0.6 is 11.6 Å². The number of benzene rings is 10. The molecule has 11 rings (SSSR count). The summed E-state index contributed by atoms with van der Waals surface area (Å²) in [6.45, 7) is 18.5. The number of hydrogen-bond acceptors (Lipinski definition) is 11. The molecule has 5 unspecified atom stereocenters. The number of methoxy groups -OCH3 is 1. The Bertz CT molecular complexity index is 4660. The largest absolute Gasteiger partial charge is 0.497 e. The summed E-state index contributed by atoms with van der Waals surface area (Å²) < 4.78 is 58.9. The number of carboxylic acid groups (broad SMARTS) is 5. The van der Waals surface area contributed by atoms with Crippen molar-refractivity contribution in [3.05, 3.63) is 327 Å². The van der Waals surface area contributed by atoms with E-state index in [1.54, 1.807) is 104 Å². The molecule has 5 N–H and O–H groups in total. The number of allylic oxidation sites excluding steroid dienone is 6. The molecule has 0 radical (unpaired) electrons. The number of aliphatic carboxylic acids is 5. The van der Waals surface area contributed by atoms with E-state index >= 15 is 0 Å². The summed E-state index contributed by atoms with van der Waals surface area (Å²) in [5.41, 5.74) is 13.8. The van der Waals surface area contributed by atoms with E-state index in [0.717, 1.165) is 75.1 Å². The SMILES string of the molecule is C=CCCC(Oc1ccc(-c2cc(C)ccc2C)cc1)C(=O)O.C=CCCC(Oc1ccc(-c2ccc(Cl)cc2)cc1)C(=O)O.C=CCCC(Oc1ccc(-c2ccc(F)cc2)cc1)C(=O)O.C=CCCC(Oc1ccc(-c2ccc(OC)cc2)cc1)C(=O)O.O=C(O)C(CCC1=CCCCC1)Oc1ccc(-c2ccc(F)cc2)cc1. The molecule has 1 aliphatic rings. The molecule has 10 aromatic rings. The molecular weight excluding hydrogens is 1490 g/mol. The average Bonchev–Trinajstić information content (AvgIpc) is 0.853. The monoisotopic (exact) mass is 1590 g/mol. The second-order valence-electron chi connectivity index (χ2n) is 27.0. The van der Waals surface area contributed by atoms with Gasteiger partial charge in [-0.25, -0.2) is 32.8 Å². The number of rotatable bonds is 36. The lowest BCUT2D eigenvalue weighted by atomic mass is 9.95. The zero-order valence-electron chi connectivity index (χ0n) is 65.4. The van der Waals surface area contributed by atoms with Gasteiger partial charge >= 0.3 is 29.8 Å². The van der Waals surface area contributed by atoms with Gasteiger partial charge in [-0.3, -0.25) is 0 Å². The number of carboxylic acids is 5. The second kappa shape index (κ2) is 48.3. The molecule has 1 aliphatic carbocycles. The number of ether oxygens (including phenoxy) is 6. The minimum Gasteiger partial charge on any atom is -0.497 e. The topological polar surface area (TPSA) is 242 Å². The van der Waals surface area contributed by atoms with E-state index in [9.17, 15) is 48.1 Å². The van der Waals surface area contributed by atoms with Gasteiger partial charge in [0.05, 0.1) is 7.11 Å². The van der Waals surface area contributed by atoms with Gasteiger partial charge in [-0.2, -0.15) is 0 Å². The van der Waals surface area contributed by atoms with Crippen LogP contribution in [-0.2, 0) is 24.0 Å². The summed E-state index contributed by atoms with van der Waals surface area (Å²) >= 11 is 5.87. The summed E-state index contributed by atoms with van der Waals surface area (Å²) in [6, 6.07) is 70.6. The van der Waals surface area contributed by atoms with Crippen molar-refractivity contribution in [2.75, 3.05) is 7.11 Å². The molecule has 604 valence electrons. The molecule has 0 saturated carbocycles. The third-order valence-electron chi connectivity index (χ3n) is 18.3. The predicted octanol–water partition coefficient (Wildman–Crippen LogP) is 23.6. The minimum absolute atomic E-state index is 0.272. The van der Waals surface area contributed by atoms with Gasteiger partial charge in [-0.15, -0.1) is 26.3 Å². The van der Waals surface area contributed by atoms with Gasteiger partial charge in [0, 0.05) is 5.02 Å². The van der Waals surface area contributed by atoms with Gasteiger partial charge in [0.15, 0.2) is 30.5 Å². The molecule has 16 nitrogen and oxygen atoms in total. The highest BCUT2D eigenvalue weighted by molar-refractivity contribution is 6.30. The third-order valence-corrected chi connectivity index (χ3v) is 18.6. The zero-order chi connectivity index (χ0) is 83.7. The fraction of sp³-hybridized carbons (Fsp3) is 0.227. The normalized spacial score (nSPS) is 12.4. The van der Waals surface area contributed by atoms with Crippen molar-refractivity contribution in [3.8, 4) is 90.1 Å². The number of hydrogen-bond donors (Lipinski definition) is 5. The van der Waals surface area contributed by atoms with Gasteiger partial charge in [0.25, 0.3) is 0 Å². The highest BCUT2D eigenvalue weighted by atomic mass is 35.5. The van der Waals surface area contributed by atoms with Crippen molar-refractivity contribution < 1.29 is 86.7 Å². The molecule has 0 bridgehead atoms. The van der Waals surface area contributed by atoms with Crippen LogP contribution in [0.15, 0.2) is 299 Å². The Morgan fingerprint density at radius 2 is 0.638 bits per heavy atom. The minimum atomic E-state index is -0.996. The van der Waals surface area contributed by atoms with Crippen LogP contribution in [0.5, 0.6) is 34.5 Å². The van der Waals surface area contributed by atoms with Gasteiger partial charge in [-0.1, -0.05) is 181 Å². The molecule has 0 aliphatic heterocycles. The molecule has 0 aromatic heterocycles. The molecule has 0 heterocycles. The van der Waals surface area contributed by atoms with E-state index in [2.05, 4.69) is 64.4 Å². The molecule has 10 aromatic carbocycles. The maximum absolute atomic E-state index is 13.0. The summed E-state index contributed by atoms with van der Waals surface area (Å²) in [5, 5.41) is 46.8. The summed E-state index contributed by atoms with van der Waals surface area (Å²) in [5.74, 6) is -1.91. The predicted molar refractivity (Wildman–Crippen MR) is 454 cm³/mol. The average molecular weight is 1590 g/mol. The van der Waals surface area contributed by atoms with Crippen LogP contribution in [-0.4, -0.2) is 93.0 Å². The molecule has 0 fully saturated rings. The van der Waals surface area contributed by atoms with Crippen LogP contribution in [0.3, 0.4) is 0 Å². The van der Waals surface area contributed by atoms with Crippen molar-refractivity contribution in [2.45, 2.75) is 134 Å². The Labute approximate surface area is 682 Å². The van der Waals surface area contributed by atoms with Crippen molar-refractivity contribution in [1.82, 2.24) is 0 Å². The van der Waals surface area contributed by atoms with Crippen LogP contribution in [0.25, 0.3) is 55.6 Å². The molecule has 0 amide bonds. The maximum atomic E-state index is 13.0. The lowest BCUT2D eigenvalue weighted by Crippen LogP contribution is -2.27. The smallest absolute Gasteiger partial charge is 0.344 e. The Morgan fingerprint density at radius 1 is 0.371 bits per heavy atom. The molecule has 5 atom stereocenters. The molecule has 116 heavy (non-hydrogen) atoms. The van der Waals surface area contributed by atoms with Crippen LogP contribution in [0, 0.1) is 25.5 Å². The number of carbonyl (C=O) groups is 5. The second-order valence-corrected chi connectivity index (χ2v) is 27.5. The summed E-state index contributed by atoms with van der Waals surface area (Å²) in [6.07, 6.45) is 14.4. The maximum Gasteiger partial charge on any atom is 0.344 e. The standard InChI is InChI=1S/C22H23FO3.C20H22O3.C19H20O4.C18H17ClO3.C18H17FO3/c23-19-11-7-17(8-12-19)18-9-13-20(14-10-18)26-21(22(24)25)15-6-16-4-2-1-3-5-16;1-4-5-6-19(20(21)22)23-17-11-9-16(10-12-17)18-13-14(2)7-8-15(18)3;1-3-4-5-18(19(20)21)23-17-12-8-15(9-13-17)14-6-10-16(22-2)11-7-14;2*1-2-3-4-17(18(20)21)22-16-11-7-14(8-12-16)13-5-9-15(19)10-6-13/h4,7-14,21H,1-3,5-6,15H2,(H,24,25);4,7-13,19H,1,5-6H2,2-3H3,(H,21,22);3,6-13,18H,1,4-5H2,2H3,(H,20,21);2*2,5-12,17H,1,3-4H2,(H,20,21). The lowest BCUT2D eigenvalue weighted by Gasteiger charge is -2.18. The van der Waals surface area contributed by atoms with Crippen molar-refractivity contribution in [2.24, 2.45) is 0 Å². The van der Waals surface area contributed by atoms with E-state index in [1.807, 2.05) is 121 Å². The lowest BCUT2D eigenvalue weighted by molar-refractivity contribution is -0.146. The fourth-order valence-corrected chi connectivity index (χ4v) is 12.0. The van der Waals surface area contributed by atoms with E-state index in [-0.39, 0.29) is 11.6 Å². The van der Waals surface area contributed by atoms with Crippen molar-refractivity contribution in [1.29, 1.82) is 0 Å². The Hall–Kier alpha value is -12.8. The summed E-state index contributed by atoms with van der Waals surface area (Å²) in [7, 11) is 1.63. The third kappa shape index (κ3) is 30.9. The molecular formula is C97H99ClF2O16. The Balaban J connectivity index is 0.000000201. The van der Waals surface area contributed by atoms with Gasteiger partial charge in [0.1, 0.15) is 46.1 Å². The van der Waals surface area contributed by atoms with Crippen LogP contribution < -0.4 is 28.4 Å². The first-order chi connectivity index (χ1) is 55.9. The Kier molecular flexibility index (Phi) is 37.6. The number of aryl methyl sites for hydroxylation is 2. The quantitative estimate of drug-likeness (QED) is 0.0229. The van der Waals surface area contributed by atoms with E-state index < -0.39 is 60.4 Å². The van der Waals surface area contributed by atoms with Gasteiger partial charge in [0.2, 0.25) is 0 Å². The Morgan fingerprint density at radius 3 is 0.905 bits per heavy atom.